The fourth-order valence-electron chi connectivity index (χ4n) is 6.56. The highest BCUT2D eigenvalue weighted by molar-refractivity contribution is 5.99. The second-order valence-corrected chi connectivity index (χ2v) is 11.0. The van der Waals surface area contributed by atoms with E-state index in [0.29, 0.717) is 12.1 Å². The maximum absolute atomic E-state index is 13.8. The Morgan fingerprint density at radius 2 is 1.78 bits per heavy atom. The molecule has 8 heteroatoms. The van der Waals surface area contributed by atoms with Gasteiger partial charge in [0.15, 0.2) is 5.78 Å². The number of fused-ring (bicyclic) bond motifs is 1. The van der Waals surface area contributed by atoms with Crippen molar-refractivity contribution in [1.29, 1.82) is 0 Å². The summed E-state index contributed by atoms with van der Waals surface area (Å²) in [4.78, 5) is 46.1. The third-order valence-corrected chi connectivity index (χ3v) is 8.55. The summed E-state index contributed by atoms with van der Waals surface area (Å²) in [5.74, 6) is -0.165. The summed E-state index contributed by atoms with van der Waals surface area (Å²) in [6, 6.07) is 6.63. The molecule has 8 nitrogen and oxygen atoms in total. The average Bonchev–Trinajstić information content (AvgIpc) is 3.63. The lowest BCUT2D eigenvalue weighted by Crippen LogP contribution is -2.54. The highest BCUT2D eigenvalue weighted by Gasteiger charge is 2.52. The molecule has 3 heterocycles. The van der Waals surface area contributed by atoms with Crippen LogP contribution in [0.2, 0.25) is 0 Å². The Morgan fingerprint density at radius 1 is 1.08 bits per heavy atom. The fourth-order valence-corrected chi connectivity index (χ4v) is 6.56. The number of ether oxygens (including phenoxy) is 1. The predicted octanol–water partition coefficient (Wildman–Crippen LogP) is 2.32. The van der Waals surface area contributed by atoms with Crippen molar-refractivity contribution in [2.75, 3.05) is 50.8 Å². The van der Waals surface area contributed by atoms with E-state index < -0.39 is 12.1 Å². The number of nitrogens with zero attached hydrogens (tertiary/aromatic N) is 3. The van der Waals surface area contributed by atoms with Gasteiger partial charge in [-0.1, -0.05) is 26.7 Å². The summed E-state index contributed by atoms with van der Waals surface area (Å²) in [7, 11) is 0. The molecule has 3 aliphatic heterocycles. The van der Waals surface area contributed by atoms with E-state index in [1.54, 1.807) is 4.90 Å². The molecule has 1 aromatic carbocycles. The van der Waals surface area contributed by atoms with Crippen LogP contribution in [0.15, 0.2) is 24.3 Å². The van der Waals surface area contributed by atoms with Crippen molar-refractivity contribution in [2.24, 2.45) is 11.8 Å². The van der Waals surface area contributed by atoms with E-state index in [4.69, 9.17) is 4.74 Å². The van der Waals surface area contributed by atoms with Crippen LogP contribution in [0.4, 0.5) is 5.69 Å². The van der Waals surface area contributed by atoms with Crippen molar-refractivity contribution < 1.29 is 19.1 Å². The smallest absolute Gasteiger partial charge is 0.251 e. The van der Waals surface area contributed by atoms with E-state index >= 15 is 0 Å². The Kier molecular flexibility index (Phi) is 7.62. The molecular weight excluding hydrogens is 456 g/mol. The molecule has 0 radical (unpaired) electrons. The van der Waals surface area contributed by atoms with Crippen molar-refractivity contribution in [3.05, 3.63) is 29.8 Å². The lowest BCUT2D eigenvalue weighted by atomic mass is 9.95. The van der Waals surface area contributed by atoms with Gasteiger partial charge in [-0.05, 0) is 56.0 Å². The molecule has 4 atom stereocenters. The van der Waals surface area contributed by atoms with Crippen molar-refractivity contribution in [3.63, 3.8) is 0 Å². The molecule has 0 spiro atoms. The second-order valence-electron chi connectivity index (χ2n) is 11.0. The molecule has 5 rings (SSSR count). The van der Waals surface area contributed by atoms with E-state index in [2.05, 4.69) is 22.0 Å². The van der Waals surface area contributed by atoms with E-state index in [9.17, 15) is 14.4 Å². The topological polar surface area (TPSA) is 82.2 Å². The van der Waals surface area contributed by atoms with E-state index in [-0.39, 0.29) is 42.1 Å². The number of ketones is 1. The number of amides is 2. The Labute approximate surface area is 214 Å². The first-order chi connectivity index (χ1) is 17.5. The molecule has 0 aromatic heterocycles. The molecule has 0 bridgehead atoms. The summed E-state index contributed by atoms with van der Waals surface area (Å²) < 4.78 is 5.68. The van der Waals surface area contributed by atoms with Gasteiger partial charge in [-0.3, -0.25) is 19.3 Å². The van der Waals surface area contributed by atoms with Crippen LogP contribution >= 0.6 is 0 Å². The minimum absolute atomic E-state index is 0.0275. The molecule has 1 saturated carbocycles. The van der Waals surface area contributed by atoms with Crippen LogP contribution in [0.3, 0.4) is 0 Å². The molecule has 36 heavy (non-hydrogen) atoms. The number of benzene rings is 1. The van der Waals surface area contributed by atoms with Crippen LogP contribution in [0.5, 0.6) is 0 Å². The summed E-state index contributed by atoms with van der Waals surface area (Å²) in [5, 5.41) is 3.08. The standard InChI is InChI=1S/C28H40N4O4/c1-3-12-30-13-15-31(16-14-30)22-10-8-21(9-11-22)27(34)29-24(20-6-4-5-7-20)28(35)32-17-19(2)26-25(32)23(33)18-36-26/h8-11,19-20,24-26H,3-7,12-18H2,1-2H3,(H,29,34)/t19-,24-,25+,26+/m0/s1. The minimum atomic E-state index is -0.606. The van der Waals surface area contributed by atoms with Crippen LogP contribution in [0, 0.1) is 11.8 Å². The normalized spacial score (nSPS) is 27.9. The zero-order valence-electron chi connectivity index (χ0n) is 21.7. The number of rotatable bonds is 7. The SMILES string of the molecule is CCCN1CCN(c2ccc(C(=O)N[C@H](C(=O)N3C[C@H](C)[C@H]4OCC(=O)[C@H]43)C3CCCC3)cc2)CC1. The van der Waals surface area contributed by atoms with Gasteiger partial charge in [-0.25, -0.2) is 0 Å². The lowest BCUT2D eigenvalue weighted by molar-refractivity contribution is -0.139. The molecule has 0 unspecified atom stereocenters. The van der Waals surface area contributed by atoms with Gasteiger partial charge in [-0.2, -0.15) is 0 Å². The third kappa shape index (κ3) is 5.02. The summed E-state index contributed by atoms with van der Waals surface area (Å²) in [6.45, 7) is 10.1. The summed E-state index contributed by atoms with van der Waals surface area (Å²) in [6.07, 6.45) is 4.92. The van der Waals surface area contributed by atoms with Gasteiger partial charge in [0.2, 0.25) is 5.91 Å². The Balaban J connectivity index is 1.26. The first-order valence-corrected chi connectivity index (χ1v) is 13.8. The number of piperazine rings is 1. The summed E-state index contributed by atoms with van der Waals surface area (Å²) >= 11 is 0. The van der Waals surface area contributed by atoms with Crippen LogP contribution in [-0.4, -0.2) is 91.5 Å². The highest BCUT2D eigenvalue weighted by Crippen LogP contribution is 2.35. The maximum Gasteiger partial charge on any atom is 0.251 e. The van der Waals surface area contributed by atoms with Crippen molar-refractivity contribution >= 4 is 23.3 Å². The predicted molar refractivity (Wildman–Crippen MR) is 138 cm³/mol. The van der Waals surface area contributed by atoms with Crippen LogP contribution in [0.25, 0.3) is 0 Å². The van der Waals surface area contributed by atoms with Gasteiger partial charge >= 0.3 is 0 Å². The van der Waals surface area contributed by atoms with Crippen LogP contribution in [-0.2, 0) is 14.3 Å². The number of hydrogen-bond acceptors (Lipinski definition) is 6. The Bertz CT molecular complexity index is 953. The van der Waals surface area contributed by atoms with E-state index in [0.717, 1.165) is 64.1 Å². The quantitative estimate of drug-likeness (QED) is 0.624. The zero-order chi connectivity index (χ0) is 25.2. The summed E-state index contributed by atoms with van der Waals surface area (Å²) in [5.41, 5.74) is 1.69. The van der Waals surface area contributed by atoms with Gasteiger partial charge in [0, 0.05) is 49.9 Å². The molecule has 1 aromatic rings. The molecular formula is C28H40N4O4. The van der Waals surface area contributed by atoms with Crippen molar-refractivity contribution in [3.8, 4) is 0 Å². The molecule has 4 fully saturated rings. The number of carbonyl (C=O) groups is 3. The minimum Gasteiger partial charge on any atom is -0.369 e. The van der Waals surface area contributed by atoms with Gasteiger partial charge in [-0.15, -0.1) is 0 Å². The molecule has 4 aliphatic rings. The van der Waals surface area contributed by atoms with E-state index in [1.807, 2.05) is 31.2 Å². The number of carbonyl (C=O) groups excluding carboxylic acids is 3. The van der Waals surface area contributed by atoms with E-state index in [1.165, 1.54) is 6.42 Å². The van der Waals surface area contributed by atoms with Gasteiger partial charge in [0.05, 0.1) is 6.10 Å². The monoisotopic (exact) mass is 496 g/mol. The molecule has 196 valence electrons. The Morgan fingerprint density at radius 3 is 2.44 bits per heavy atom. The van der Waals surface area contributed by atoms with Crippen molar-refractivity contribution in [2.45, 2.75) is 64.1 Å². The fraction of sp³-hybridized carbons (Fsp3) is 0.679. The molecule has 1 N–H and O–H groups in total. The van der Waals surface area contributed by atoms with Gasteiger partial charge in [0.25, 0.3) is 5.91 Å². The van der Waals surface area contributed by atoms with Crippen LogP contribution < -0.4 is 10.2 Å². The first kappa shape index (κ1) is 25.2. The number of nitrogens with one attached hydrogen (secondary N) is 1. The maximum atomic E-state index is 13.8. The number of likely N-dealkylation sites (tertiary alicyclic amines) is 1. The van der Waals surface area contributed by atoms with Crippen LogP contribution in [0.1, 0.15) is 56.3 Å². The van der Waals surface area contributed by atoms with Crippen molar-refractivity contribution in [1.82, 2.24) is 15.1 Å². The van der Waals surface area contributed by atoms with Gasteiger partial charge < -0.3 is 19.9 Å². The van der Waals surface area contributed by atoms with Gasteiger partial charge in [0.1, 0.15) is 18.7 Å². The number of anilines is 1. The Hall–Kier alpha value is -2.45. The largest absolute Gasteiger partial charge is 0.369 e. The first-order valence-electron chi connectivity index (χ1n) is 13.8. The zero-order valence-corrected chi connectivity index (χ0v) is 21.7. The molecule has 2 amide bonds. The number of hydrogen-bond donors (Lipinski definition) is 1. The average molecular weight is 497 g/mol. The number of Topliss-reactive ketones (excluding diaryl/α,β-unsaturated/α-hetero) is 1. The highest BCUT2D eigenvalue weighted by atomic mass is 16.5. The third-order valence-electron chi connectivity index (χ3n) is 8.55. The second kappa shape index (κ2) is 10.9. The lowest BCUT2D eigenvalue weighted by Gasteiger charge is -2.36. The molecule has 1 aliphatic carbocycles. The molecule has 3 saturated heterocycles.